The van der Waals surface area contributed by atoms with Crippen molar-refractivity contribution >= 4 is 21.6 Å². The Labute approximate surface area is 120 Å². The first-order valence-corrected chi connectivity index (χ1v) is 7.33. The molecule has 0 aliphatic rings. The summed E-state index contributed by atoms with van der Waals surface area (Å²) in [4.78, 5) is 24.9. The second kappa shape index (κ2) is 5.79. The summed E-state index contributed by atoms with van der Waals surface area (Å²) in [5, 5.41) is 6.27. The van der Waals surface area contributed by atoms with E-state index in [1.807, 2.05) is 0 Å². The van der Waals surface area contributed by atoms with Crippen molar-refractivity contribution in [3.05, 3.63) is 41.1 Å². The fourth-order valence-corrected chi connectivity index (χ4v) is 2.63. The molecule has 0 unspecified atom stereocenters. The van der Waals surface area contributed by atoms with Crippen molar-refractivity contribution in [2.45, 2.75) is 11.4 Å². The Bertz CT molecular complexity index is 808. The molecule has 2 aromatic rings. The van der Waals surface area contributed by atoms with Crippen molar-refractivity contribution in [3.63, 3.8) is 0 Å². The summed E-state index contributed by atoms with van der Waals surface area (Å²) in [5.41, 5.74) is -0.471. The van der Waals surface area contributed by atoms with Crippen LogP contribution in [0.4, 0.5) is 5.69 Å². The minimum absolute atomic E-state index is 0.0376. The molecule has 0 saturated carbocycles. The van der Waals surface area contributed by atoms with Crippen LogP contribution in [0.3, 0.4) is 0 Å². The van der Waals surface area contributed by atoms with Gasteiger partial charge in [-0.3, -0.25) is 19.0 Å². The van der Waals surface area contributed by atoms with Crippen LogP contribution in [0.2, 0.25) is 0 Å². The highest BCUT2D eigenvalue weighted by atomic mass is 32.2. The smallest absolute Gasteiger partial charge is 0.267 e. The van der Waals surface area contributed by atoms with Gasteiger partial charge in [0, 0.05) is 31.7 Å². The lowest BCUT2D eigenvalue weighted by Gasteiger charge is -2.04. The van der Waals surface area contributed by atoms with Gasteiger partial charge in [0.15, 0.2) is 4.90 Å². The monoisotopic (exact) mass is 311 g/mol. The Morgan fingerprint density at radius 3 is 2.90 bits per heavy atom. The standard InChI is InChI=1S/C11H13N5O4S/c1-12-11(18)7-16-6-8(4-14-16)15-21(19,20)10-5-13-3-2-9(10)17/h2-6,15H,7H2,1H3,(H,12,18)(H,13,17). The molecule has 0 radical (unpaired) electrons. The Kier molecular flexibility index (Phi) is 4.08. The third kappa shape index (κ3) is 3.48. The molecule has 0 aliphatic carbocycles. The van der Waals surface area contributed by atoms with Gasteiger partial charge in [-0.1, -0.05) is 0 Å². The number of likely N-dealkylation sites (N-methyl/N-ethyl adjacent to an activating group) is 1. The van der Waals surface area contributed by atoms with Crippen molar-refractivity contribution in [2.24, 2.45) is 0 Å². The predicted octanol–water partition coefficient (Wildman–Crippen LogP) is -0.882. The van der Waals surface area contributed by atoms with E-state index in [1.165, 1.54) is 30.3 Å². The van der Waals surface area contributed by atoms with Gasteiger partial charge in [-0.25, -0.2) is 8.42 Å². The Morgan fingerprint density at radius 2 is 2.24 bits per heavy atom. The number of rotatable bonds is 5. The number of anilines is 1. The van der Waals surface area contributed by atoms with E-state index < -0.39 is 20.3 Å². The molecule has 3 N–H and O–H groups in total. The lowest BCUT2D eigenvalue weighted by atomic mass is 10.5. The summed E-state index contributed by atoms with van der Waals surface area (Å²) in [5.74, 6) is -0.271. The maximum atomic E-state index is 12.1. The van der Waals surface area contributed by atoms with Crippen LogP contribution in [0.25, 0.3) is 0 Å². The highest BCUT2D eigenvalue weighted by Gasteiger charge is 2.18. The molecule has 21 heavy (non-hydrogen) atoms. The molecular formula is C11H13N5O4S. The molecule has 2 rings (SSSR count). The zero-order chi connectivity index (χ0) is 15.5. The maximum Gasteiger partial charge on any atom is 0.267 e. The molecule has 1 amide bonds. The van der Waals surface area contributed by atoms with E-state index in [0.29, 0.717) is 0 Å². The molecule has 0 saturated heterocycles. The lowest BCUT2D eigenvalue weighted by molar-refractivity contribution is -0.121. The molecule has 0 bridgehead atoms. The third-order valence-electron chi connectivity index (χ3n) is 2.55. The van der Waals surface area contributed by atoms with Crippen LogP contribution >= 0.6 is 0 Å². The van der Waals surface area contributed by atoms with Crippen LogP contribution in [0, 0.1) is 0 Å². The molecule has 2 heterocycles. The van der Waals surface area contributed by atoms with Crippen molar-refractivity contribution < 1.29 is 13.2 Å². The maximum absolute atomic E-state index is 12.1. The number of sulfonamides is 1. The van der Waals surface area contributed by atoms with Gasteiger partial charge in [0.05, 0.1) is 11.9 Å². The quantitative estimate of drug-likeness (QED) is 0.661. The Morgan fingerprint density at radius 1 is 1.48 bits per heavy atom. The van der Waals surface area contributed by atoms with Crippen molar-refractivity contribution in [3.8, 4) is 0 Å². The number of hydrogen-bond acceptors (Lipinski definition) is 5. The molecule has 10 heteroatoms. The fourth-order valence-electron chi connectivity index (χ4n) is 1.55. The molecule has 2 aromatic heterocycles. The molecule has 0 aromatic carbocycles. The summed E-state index contributed by atoms with van der Waals surface area (Å²) in [6, 6.07) is 1.11. The number of carbonyl (C=O) groups is 1. The first kappa shape index (κ1) is 14.8. The normalized spacial score (nSPS) is 11.1. The molecule has 9 nitrogen and oxygen atoms in total. The number of amides is 1. The largest absolute Gasteiger partial charge is 0.366 e. The van der Waals surface area contributed by atoms with E-state index in [-0.39, 0.29) is 18.1 Å². The highest BCUT2D eigenvalue weighted by molar-refractivity contribution is 7.92. The molecule has 0 fully saturated rings. The number of nitrogens with zero attached hydrogens (tertiary/aromatic N) is 2. The first-order chi connectivity index (χ1) is 9.92. The molecule has 0 spiro atoms. The minimum Gasteiger partial charge on any atom is -0.366 e. The van der Waals surface area contributed by atoms with E-state index in [0.717, 1.165) is 12.3 Å². The van der Waals surface area contributed by atoms with Crippen LogP contribution in [-0.4, -0.2) is 36.1 Å². The predicted molar refractivity (Wildman–Crippen MR) is 74.2 cm³/mol. The average Bonchev–Trinajstić information content (AvgIpc) is 2.85. The number of pyridine rings is 1. The van der Waals surface area contributed by atoms with E-state index in [1.54, 1.807) is 0 Å². The van der Waals surface area contributed by atoms with E-state index in [2.05, 4.69) is 20.1 Å². The van der Waals surface area contributed by atoms with Gasteiger partial charge in [-0.05, 0) is 0 Å². The van der Waals surface area contributed by atoms with E-state index >= 15 is 0 Å². The fraction of sp³-hybridized carbons (Fsp3) is 0.182. The zero-order valence-electron chi connectivity index (χ0n) is 11.0. The number of hydrogen-bond donors (Lipinski definition) is 3. The third-order valence-corrected chi connectivity index (χ3v) is 3.95. The second-order valence-corrected chi connectivity index (χ2v) is 5.73. The summed E-state index contributed by atoms with van der Waals surface area (Å²) < 4.78 is 27.6. The van der Waals surface area contributed by atoms with Crippen LogP contribution in [-0.2, 0) is 21.4 Å². The van der Waals surface area contributed by atoms with Gasteiger partial charge in [0.25, 0.3) is 10.0 Å². The Hall–Kier alpha value is -2.62. The number of carbonyl (C=O) groups excluding carboxylic acids is 1. The van der Waals surface area contributed by atoms with Crippen LogP contribution in [0.5, 0.6) is 0 Å². The van der Waals surface area contributed by atoms with Gasteiger partial charge < -0.3 is 10.3 Å². The van der Waals surface area contributed by atoms with Gasteiger partial charge >= 0.3 is 0 Å². The van der Waals surface area contributed by atoms with Crippen molar-refractivity contribution in [1.29, 1.82) is 0 Å². The topological polar surface area (TPSA) is 126 Å². The van der Waals surface area contributed by atoms with Gasteiger partial charge in [0.2, 0.25) is 11.3 Å². The molecule has 0 atom stereocenters. The Balaban J connectivity index is 2.20. The van der Waals surface area contributed by atoms with Crippen LogP contribution in [0.15, 0.2) is 40.5 Å². The summed E-state index contributed by atoms with van der Waals surface area (Å²) in [7, 11) is -2.53. The number of H-pyrrole nitrogens is 1. The SMILES string of the molecule is CNC(=O)Cn1cc(NS(=O)(=O)c2c[nH]ccc2=O)cn1. The summed E-state index contributed by atoms with van der Waals surface area (Å²) in [6.07, 6.45) is 5.03. The average molecular weight is 311 g/mol. The number of nitrogens with one attached hydrogen (secondary N) is 3. The van der Waals surface area contributed by atoms with E-state index in [4.69, 9.17) is 0 Å². The van der Waals surface area contributed by atoms with E-state index in [9.17, 15) is 18.0 Å². The van der Waals surface area contributed by atoms with Crippen molar-refractivity contribution in [2.75, 3.05) is 11.8 Å². The first-order valence-electron chi connectivity index (χ1n) is 5.85. The molecular weight excluding hydrogens is 298 g/mol. The zero-order valence-corrected chi connectivity index (χ0v) is 11.8. The van der Waals surface area contributed by atoms with Gasteiger partial charge in [-0.2, -0.15) is 5.10 Å². The number of aromatic nitrogens is 3. The summed E-state index contributed by atoms with van der Waals surface area (Å²) in [6.45, 7) is -0.0376. The molecule has 0 aliphatic heterocycles. The second-order valence-electron chi connectivity index (χ2n) is 4.08. The highest BCUT2D eigenvalue weighted by Crippen LogP contribution is 2.11. The van der Waals surface area contributed by atoms with Crippen LogP contribution in [0.1, 0.15) is 0 Å². The lowest BCUT2D eigenvalue weighted by Crippen LogP contribution is -2.23. The molecule has 112 valence electrons. The van der Waals surface area contributed by atoms with Gasteiger partial charge in [-0.15, -0.1) is 0 Å². The number of aromatic amines is 1. The minimum atomic E-state index is -4.01. The van der Waals surface area contributed by atoms with Crippen molar-refractivity contribution in [1.82, 2.24) is 20.1 Å². The van der Waals surface area contributed by atoms with Crippen LogP contribution < -0.4 is 15.5 Å². The summed E-state index contributed by atoms with van der Waals surface area (Å²) >= 11 is 0. The van der Waals surface area contributed by atoms with Gasteiger partial charge in [0.1, 0.15) is 6.54 Å².